The van der Waals surface area contributed by atoms with Crippen molar-refractivity contribution < 1.29 is 86.8 Å². The Labute approximate surface area is 465 Å². The van der Waals surface area contributed by atoms with E-state index in [-0.39, 0.29) is 76.1 Å². The summed E-state index contributed by atoms with van der Waals surface area (Å²) < 4.78 is 37.0. The number of nitrogens with two attached hydrogens (primary N) is 1. The quantitative estimate of drug-likeness (QED) is 0.0747. The second-order valence-electron chi connectivity index (χ2n) is 20.9. The van der Waals surface area contributed by atoms with Crippen molar-refractivity contribution in [2.24, 2.45) is 53.1 Å². The van der Waals surface area contributed by atoms with Crippen LogP contribution in [-0.2, 0) is 28.7 Å². The minimum absolute atomic E-state index is 0. The van der Waals surface area contributed by atoms with Gasteiger partial charge in [0, 0.05) is 24.7 Å². The molecule has 10 atom stereocenters. The minimum Gasteiger partial charge on any atom is -0.870 e. The molecule has 2 aromatic rings. The van der Waals surface area contributed by atoms with Crippen LogP contribution in [0.2, 0.25) is 0 Å². The molecule has 4 rings (SSSR count). The number of aliphatic carboxylic acids is 1. The summed E-state index contributed by atoms with van der Waals surface area (Å²) in [7, 11) is 0. The average molecular weight is 1080 g/mol. The molecule has 0 unspecified atom stereocenters. The summed E-state index contributed by atoms with van der Waals surface area (Å²) in [6.45, 7) is 22.0. The number of benzene rings is 2. The van der Waals surface area contributed by atoms with Crippen LogP contribution >= 0.6 is 23.2 Å². The van der Waals surface area contributed by atoms with Crippen molar-refractivity contribution >= 4 is 58.6 Å². The van der Waals surface area contributed by atoms with Crippen LogP contribution in [0.5, 0.6) is 0 Å². The van der Waals surface area contributed by atoms with E-state index in [0.717, 1.165) is 36.8 Å². The smallest absolute Gasteiger partial charge is 0.870 e. The molecular formula is C54H84Cl2F3N4NaO9. The van der Waals surface area contributed by atoms with Gasteiger partial charge in [-0.3, -0.25) is 19.2 Å². The SMILES string of the molecule is CC(C)[C@@H]1CC[C@@H](C)C[C@H]1C(=O)CC[C@H](NC(=O)[C@@H](C)N)c1ccccc1.CC(C)[C@@H]1CC[C@@H](C)C[C@H]1C(=O)CC[C@H](NC(=O)[C@@H](C)NC(=O)OC(C)(C)C)c1ccccc1.ClCCl.O=C(O)C(F)(F)F.[Na+].[OH-]. The maximum Gasteiger partial charge on any atom is 1.00 e. The number of carboxylic acids is 1. The van der Waals surface area contributed by atoms with E-state index in [0.29, 0.717) is 72.8 Å². The van der Waals surface area contributed by atoms with Crippen LogP contribution in [-0.4, -0.2) is 75.2 Å². The number of carboxylic acid groups (broad SMARTS) is 1. The molecule has 7 N–H and O–H groups in total. The van der Waals surface area contributed by atoms with Gasteiger partial charge in [-0.2, -0.15) is 13.2 Å². The molecule has 0 bridgehead atoms. The molecule has 410 valence electrons. The summed E-state index contributed by atoms with van der Waals surface area (Å²) >= 11 is 9.53. The van der Waals surface area contributed by atoms with Crippen LogP contribution in [0.1, 0.15) is 164 Å². The van der Waals surface area contributed by atoms with Gasteiger partial charge < -0.3 is 37.0 Å². The molecule has 2 aromatic carbocycles. The summed E-state index contributed by atoms with van der Waals surface area (Å²) in [6, 6.07) is 17.8. The monoisotopic (exact) mass is 1080 g/mol. The van der Waals surface area contributed by atoms with Gasteiger partial charge in [-0.15, -0.1) is 23.2 Å². The van der Waals surface area contributed by atoms with Crippen molar-refractivity contribution in [2.75, 3.05) is 5.34 Å². The molecule has 0 aliphatic heterocycles. The van der Waals surface area contributed by atoms with E-state index < -0.39 is 35.9 Å². The van der Waals surface area contributed by atoms with Crippen molar-refractivity contribution in [2.45, 2.75) is 176 Å². The van der Waals surface area contributed by atoms with Crippen LogP contribution in [0.15, 0.2) is 60.7 Å². The number of alkyl halides is 5. The zero-order chi connectivity index (χ0) is 54.2. The third kappa shape index (κ3) is 28.5. The van der Waals surface area contributed by atoms with Crippen LogP contribution in [0, 0.1) is 47.3 Å². The summed E-state index contributed by atoms with van der Waals surface area (Å²) in [5, 5.41) is 16.0. The zero-order valence-electron chi connectivity index (χ0n) is 45.2. The van der Waals surface area contributed by atoms with Crippen molar-refractivity contribution in [3.8, 4) is 0 Å². The van der Waals surface area contributed by atoms with Crippen LogP contribution in [0.4, 0.5) is 18.0 Å². The van der Waals surface area contributed by atoms with E-state index in [1.807, 2.05) is 60.7 Å². The zero-order valence-corrected chi connectivity index (χ0v) is 48.7. The molecule has 2 saturated carbocycles. The van der Waals surface area contributed by atoms with E-state index in [1.165, 1.54) is 12.8 Å². The number of ketones is 2. The first kappa shape index (κ1) is 71.8. The molecule has 2 fully saturated rings. The molecule has 19 heteroatoms. The van der Waals surface area contributed by atoms with E-state index in [4.69, 9.17) is 43.6 Å². The van der Waals surface area contributed by atoms with Gasteiger partial charge in [-0.05, 0) is 120 Å². The minimum atomic E-state index is -5.08. The Morgan fingerprint density at radius 3 is 1.32 bits per heavy atom. The molecule has 2 aliphatic rings. The van der Waals surface area contributed by atoms with E-state index in [9.17, 15) is 37.1 Å². The Morgan fingerprint density at radius 2 is 1.01 bits per heavy atom. The fraction of sp³-hybridized carbons (Fsp3) is 0.667. The predicted molar refractivity (Wildman–Crippen MR) is 277 cm³/mol. The number of halogens is 5. The first-order chi connectivity index (χ1) is 33.0. The summed E-state index contributed by atoms with van der Waals surface area (Å²) in [5.74, 6) is 0.835. The topological polar surface area (TPSA) is 224 Å². The predicted octanol–water partition coefficient (Wildman–Crippen LogP) is 8.95. The molecule has 0 heterocycles. The fourth-order valence-electron chi connectivity index (χ4n) is 9.25. The van der Waals surface area contributed by atoms with Gasteiger partial charge in [-0.1, -0.05) is 115 Å². The van der Waals surface area contributed by atoms with Gasteiger partial charge in [0.05, 0.1) is 23.5 Å². The van der Waals surface area contributed by atoms with Gasteiger partial charge in [0.2, 0.25) is 11.8 Å². The third-order valence-electron chi connectivity index (χ3n) is 13.0. The van der Waals surface area contributed by atoms with Gasteiger partial charge in [-0.25, -0.2) is 9.59 Å². The van der Waals surface area contributed by atoms with Crippen LogP contribution in [0.3, 0.4) is 0 Å². The Balaban J connectivity index is 0. The Morgan fingerprint density at radius 1 is 0.671 bits per heavy atom. The first-order valence-corrected chi connectivity index (χ1v) is 26.0. The summed E-state index contributed by atoms with van der Waals surface area (Å²) in [5.41, 5.74) is 7.06. The second-order valence-corrected chi connectivity index (χ2v) is 21.7. The van der Waals surface area contributed by atoms with E-state index in [1.54, 1.807) is 34.6 Å². The summed E-state index contributed by atoms with van der Waals surface area (Å²) in [6.07, 6.45) is 3.01. The third-order valence-corrected chi connectivity index (χ3v) is 13.0. The van der Waals surface area contributed by atoms with Gasteiger partial charge >= 0.3 is 47.8 Å². The van der Waals surface area contributed by atoms with Crippen molar-refractivity contribution in [1.29, 1.82) is 0 Å². The molecular weight excluding hydrogens is 1000 g/mol. The number of Topliss-reactive ketones (excluding diaryl/α,β-unsaturated/α-hetero) is 2. The van der Waals surface area contributed by atoms with Crippen molar-refractivity contribution in [1.82, 2.24) is 16.0 Å². The Kier molecular flexibility index (Phi) is 35.3. The maximum absolute atomic E-state index is 13.3. The molecule has 3 amide bonds. The number of alkyl carbamates (subject to hydrolysis) is 1. The molecule has 13 nitrogen and oxygen atoms in total. The number of amides is 3. The Hall–Kier alpha value is -3.25. The first-order valence-electron chi connectivity index (χ1n) is 25.0. The molecule has 0 aromatic heterocycles. The number of ether oxygens (including phenoxy) is 1. The number of rotatable bonds is 17. The number of carbonyl (C=O) groups is 6. The molecule has 0 saturated heterocycles. The Bertz CT molecular complexity index is 1930. The van der Waals surface area contributed by atoms with Crippen molar-refractivity contribution in [3.05, 3.63) is 71.8 Å². The van der Waals surface area contributed by atoms with E-state index in [2.05, 4.69) is 57.5 Å². The van der Waals surface area contributed by atoms with Crippen molar-refractivity contribution in [3.63, 3.8) is 0 Å². The maximum atomic E-state index is 13.3. The van der Waals surface area contributed by atoms with E-state index >= 15 is 0 Å². The van der Waals surface area contributed by atoms with Gasteiger partial charge in [0.15, 0.2) is 0 Å². The van der Waals surface area contributed by atoms with Crippen LogP contribution in [0.25, 0.3) is 0 Å². The standard InChI is InChI=1S/C28H44N2O4.C23H36N2O2.C2HF3O2.CH2Cl2.Na.H2O/c1-18(2)22-14-13-19(3)17-23(22)25(31)16-15-24(21-11-9-8-10-12-21)30-26(32)20(4)29-27(33)34-28(5,6)7;1-15(2)19-11-10-16(3)14-20(19)22(26)13-12-21(25-23(27)17(4)24)18-8-6-5-7-9-18;3-2(4,5)1(6)7;2-1-3;;/h8-12,18-20,22-24H,13-17H2,1-7H3,(H,29,33)(H,30,32);5-9,15-17,19-21H,10-14,24H2,1-4H3,(H,25,27);(H,6,7);1H2;;1H2/q;;;;+1;/p-1/t19-,20-,22+,23-,24+;16-,17-,19+,20-,21+;;;;/m11..../s1. The summed E-state index contributed by atoms with van der Waals surface area (Å²) in [4.78, 5) is 72.4. The second kappa shape index (κ2) is 35.9. The number of hydrogen-bond acceptors (Lipinski definition) is 9. The molecule has 2 aliphatic carbocycles. The van der Waals surface area contributed by atoms with Gasteiger partial charge in [0.25, 0.3) is 0 Å². The fourth-order valence-corrected chi connectivity index (χ4v) is 9.25. The molecule has 0 spiro atoms. The number of carbonyl (C=O) groups excluding carboxylic acids is 5. The number of hydrogen-bond donors (Lipinski definition) is 5. The number of nitrogens with one attached hydrogen (secondary N) is 3. The average Bonchev–Trinajstić information content (AvgIpc) is 3.28. The largest absolute Gasteiger partial charge is 1.00 e. The normalized spacial score (nSPS) is 21.1. The molecule has 0 radical (unpaired) electrons. The molecule has 73 heavy (non-hydrogen) atoms. The van der Waals surface area contributed by atoms with Gasteiger partial charge in [0.1, 0.15) is 23.2 Å². The van der Waals surface area contributed by atoms with Crippen LogP contribution < -0.4 is 51.2 Å².